The molecule has 24 heavy (non-hydrogen) atoms. The SMILES string of the molecule is CC(=O)n1cc(C(=O)NCCc2ccccc2Cl)c2ccccc21. The average molecular weight is 341 g/mol. The molecule has 2 aromatic carbocycles. The van der Waals surface area contributed by atoms with Gasteiger partial charge in [0.05, 0.1) is 11.1 Å². The predicted octanol–water partition coefficient (Wildman–Crippen LogP) is 3.93. The first-order valence-corrected chi connectivity index (χ1v) is 8.08. The molecule has 0 saturated carbocycles. The molecular weight excluding hydrogens is 324 g/mol. The summed E-state index contributed by atoms with van der Waals surface area (Å²) in [5.41, 5.74) is 2.23. The lowest BCUT2D eigenvalue weighted by atomic mass is 10.1. The first kappa shape index (κ1) is 16.3. The standard InChI is InChI=1S/C19H17ClN2O2/c1-13(23)22-12-16(15-7-3-5-9-18(15)22)19(24)21-11-10-14-6-2-4-8-17(14)20/h2-9,12H,10-11H2,1H3,(H,21,24). The van der Waals surface area contributed by atoms with Crippen molar-refractivity contribution >= 4 is 34.3 Å². The third-order valence-electron chi connectivity index (χ3n) is 3.93. The maximum atomic E-state index is 12.5. The van der Waals surface area contributed by atoms with E-state index in [2.05, 4.69) is 5.32 Å². The Morgan fingerprint density at radius 3 is 2.54 bits per heavy atom. The van der Waals surface area contributed by atoms with E-state index in [4.69, 9.17) is 11.6 Å². The minimum absolute atomic E-state index is 0.124. The molecule has 3 aromatic rings. The summed E-state index contributed by atoms with van der Waals surface area (Å²) in [4.78, 5) is 24.2. The van der Waals surface area contributed by atoms with Gasteiger partial charge >= 0.3 is 0 Å². The lowest BCUT2D eigenvalue weighted by molar-refractivity contribution is 0.0941. The number of rotatable bonds is 4. The summed E-state index contributed by atoms with van der Waals surface area (Å²) >= 11 is 6.12. The number of hydrogen-bond acceptors (Lipinski definition) is 2. The fourth-order valence-electron chi connectivity index (χ4n) is 2.73. The summed E-state index contributed by atoms with van der Waals surface area (Å²) in [5, 5.41) is 4.36. The number of carbonyl (C=O) groups excluding carboxylic acids is 2. The first-order chi connectivity index (χ1) is 11.6. The average Bonchev–Trinajstić information content (AvgIpc) is 2.96. The van der Waals surface area contributed by atoms with E-state index >= 15 is 0 Å². The highest BCUT2D eigenvalue weighted by atomic mass is 35.5. The predicted molar refractivity (Wildman–Crippen MR) is 95.7 cm³/mol. The Balaban J connectivity index is 1.77. The van der Waals surface area contributed by atoms with Crippen LogP contribution in [0.2, 0.25) is 5.02 Å². The van der Waals surface area contributed by atoms with Crippen LogP contribution in [0.3, 0.4) is 0 Å². The summed E-state index contributed by atoms with van der Waals surface area (Å²) in [6.45, 7) is 1.95. The van der Waals surface area contributed by atoms with Crippen LogP contribution in [0.4, 0.5) is 0 Å². The van der Waals surface area contributed by atoms with Crippen LogP contribution in [0, 0.1) is 0 Å². The van der Waals surface area contributed by atoms with E-state index in [-0.39, 0.29) is 11.8 Å². The maximum Gasteiger partial charge on any atom is 0.253 e. The van der Waals surface area contributed by atoms with Gasteiger partial charge in [-0.05, 0) is 24.1 Å². The minimum atomic E-state index is -0.196. The van der Waals surface area contributed by atoms with Crippen LogP contribution in [0.5, 0.6) is 0 Å². The fourth-order valence-corrected chi connectivity index (χ4v) is 2.96. The van der Waals surface area contributed by atoms with Gasteiger partial charge in [-0.3, -0.25) is 14.2 Å². The highest BCUT2D eigenvalue weighted by Crippen LogP contribution is 2.21. The number of para-hydroxylation sites is 1. The van der Waals surface area contributed by atoms with Gasteiger partial charge in [-0.15, -0.1) is 0 Å². The van der Waals surface area contributed by atoms with E-state index in [9.17, 15) is 9.59 Å². The van der Waals surface area contributed by atoms with Crippen LogP contribution in [-0.2, 0) is 6.42 Å². The van der Waals surface area contributed by atoms with Crippen molar-refractivity contribution < 1.29 is 9.59 Å². The molecule has 4 nitrogen and oxygen atoms in total. The van der Waals surface area contributed by atoms with Gasteiger partial charge < -0.3 is 5.32 Å². The number of aromatic nitrogens is 1. The number of amides is 1. The molecule has 0 unspecified atom stereocenters. The molecule has 0 bridgehead atoms. The van der Waals surface area contributed by atoms with Crippen LogP contribution in [0.15, 0.2) is 54.7 Å². The van der Waals surface area contributed by atoms with Crippen molar-refractivity contribution in [3.05, 3.63) is 70.9 Å². The van der Waals surface area contributed by atoms with Gasteiger partial charge in [0.2, 0.25) is 5.91 Å². The van der Waals surface area contributed by atoms with Crippen molar-refractivity contribution in [3.8, 4) is 0 Å². The smallest absolute Gasteiger partial charge is 0.253 e. The van der Waals surface area contributed by atoms with Crippen LogP contribution in [0.25, 0.3) is 10.9 Å². The minimum Gasteiger partial charge on any atom is -0.352 e. The summed E-state index contributed by atoms with van der Waals surface area (Å²) in [5.74, 6) is -0.320. The van der Waals surface area contributed by atoms with E-state index < -0.39 is 0 Å². The molecular formula is C19H17ClN2O2. The van der Waals surface area contributed by atoms with E-state index in [0.717, 1.165) is 16.5 Å². The van der Waals surface area contributed by atoms with Gasteiger partial charge in [0.1, 0.15) is 0 Å². The molecule has 0 fully saturated rings. The lowest BCUT2D eigenvalue weighted by Crippen LogP contribution is -2.25. The molecule has 1 heterocycles. The monoisotopic (exact) mass is 340 g/mol. The Bertz CT molecular complexity index is 915. The number of hydrogen-bond donors (Lipinski definition) is 1. The highest BCUT2D eigenvalue weighted by Gasteiger charge is 2.16. The molecule has 1 amide bonds. The molecule has 0 atom stereocenters. The summed E-state index contributed by atoms with van der Waals surface area (Å²) < 4.78 is 1.50. The molecule has 0 saturated heterocycles. The molecule has 0 aliphatic heterocycles. The second-order valence-corrected chi connectivity index (χ2v) is 5.95. The van der Waals surface area contributed by atoms with Crippen LogP contribution in [-0.4, -0.2) is 22.9 Å². The summed E-state index contributed by atoms with van der Waals surface area (Å²) in [6.07, 6.45) is 2.24. The summed E-state index contributed by atoms with van der Waals surface area (Å²) in [7, 11) is 0. The lowest BCUT2D eigenvalue weighted by Gasteiger charge is -2.06. The molecule has 0 aliphatic carbocycles. The Hall–Kier alpha value is -2.59. The van der Waals surface area contributed by atoms with Crippen molar-refractivity contribution in [2.45, 2.75) is 13.3 Å². The molecule has 0 radical (unpaired) electrons. The van der Waals surface area contributed by atoms with Gasteiger partial charge in [-0.25, -0.2) is 0 Å². The number of halogens is 1. The van der Waals surface area contributed by atoms with Crippen molar-refractivity contribution in [3.63, 3.8) is 0 Å². The molecule has 5 heteroatoms. The van der Waals surface area contributed by atoms with E-state index in [0.29, 0.717) is 23.6 Å². The quantitative estimate of drug-likeness (QED) is 0.782. The normalized spacial score (nSPS) is 10.8. The van der Waals surface area contributed by atoms with Gasteiger partial charge in [-0.2, -0.15) is 0 Å². The number of nitrogens with one attached hydrogen (secondary N) is 1. The van der Waals surface area contributed by atoms with Crippen LogP contribution >= 0.6 is 11.6 Å². The molecule has 122 valence electrons. The zero-order chi connectivity index (χ0) is 17.1. The van der Waals surface area contributed by atoms with Crippen molar-refractivity contribution in [1.82, 2.24) is 9.88 Å². The third kappa shape index (κ3) is 3.19. The van der Waals surface area contributed by atoms with Gasteiger partial charge in [0.15, 0.2) is 0 Å². The second-order valence-electron chi connectivity index (χ2n) is 5.55. The molecule has 3 rings (SSSR count). The topological polar surface area (TPSA) is 51.1 Å². The number of carbonyl (C=O) groups is 2. The molecule has 0 spiro atoms. The van der Waals surface area contributed by atoms with Gasteiger partial charge in [-0.1, -0.05) is 48.0 Å². The third-order valence-corrected chi connectivity index (χ3v) is 4.30. The van der Waals surface area contributed by atoms with E-state index in [1.165, 1.54) is 11.5 Å². The Labute approximate surface area is 145 Å². The zero-order valence-corrected chi connectivity index (χ0v) is 14.0. The Kier molecular flexibility index (Phi) is 4.67. The number of benzene rings is 2. The van der Waals surface area contributed by atoms with Gasteiger partial charge in [0, 0.05) is 30.1 Å². The van der Waals surface area contributed by atoms with Crippen molar-refractivity contribution in [2.24, 2.45) is 0 Å². The van der Waals surface area contributed by atoms with Gasteiger partial charge in [0.25, 0.3) is 5.91 Å². The van der Waals surface area contributed by atoms with Crippen LogP contribution in [0.1, 0.15) is 27.6 Å². The van der Waals surface area contributed by atoms with Crippen molar-refractivity contribution in [2.75, 3.05) is 6.54 Å². The Morgan fingerprint density at radius 2 is 1.79 bits per heavy atom. The maximum absolute atomic E-state index is 12.5. The van der Waals surface area contributed by atoms with E-state index in [1.807, 2.05) is 48.5 Å². The zero-order valence-electron chi connectivity index (χ0n) is 13.3. The van der Waals surface area contributed by atoms with Crippen molar-refractivity contribution in [1.29, 1.82) is 0 Å². The largest absolute Gasteiger partial charge is 0.352 e. The fraction of sp³-hybridized carbons (Fsp3) is 0.158. The number of fused-ring (bicyclic) bond motifs is 1. The molecule has 1 aromatic heterocycles. The molecule has 1 N–H and O–H groups in total. The van der Waals surface area contributed by atoms with E-state index in [1.54, 1.807) is 6.20 Å². The number of nitrogens with zero attached hydrogens (tertiary/aromatic N) is 1. The first-order valence-electron chi connectivity index (χ1n) is 7.70. The molecule has 0 aliphatic rings. The summed E-state index contributed by atoms with van der Waals surface area (Å²) in [6, 6.07) is 14.9. The highest BCUT2D eigenvalue weighted by molar-refractivity contribution is 6.31. The Morgan fingerprint density at radius 1 is 1.08 bits per heavy atom. The second kappa shape index (κ2) is 6.89. The van der Waals surface area contributed by atoms with Crippen LogP contribution < -0.4 is 5.32 Å².